The van der Waals surface area contributed by atoms with Crippen molar-refractivity contribution >= 4 is 17.2 Å². The number of aryl methyl sites for hydroxylation is 1. The van der Waals surface area contributed by atoms with Gasteiger partial charge >= 0.3 is 0 Å². The summed E-state index contributed by atoms with van der Waals surface area (Å²) in [7, 11) is 0. The molecule has 0 aromatic carbocycles. The molecule has 0 atom stereocenters. The Bertz CT molecular complexity index is 474. The van der Waals surface area contributed by atoms with E-state index >= 15 is 0 Å². The molecule has 19 heavy (non-hydrogen) atoms. The van der Waals surface area contributed by atoms with E-state index in [0.717, 1.165) is 31.2 Å². The lowest BCUT2D eigenvalue weighted by molar-refractivity contribution is 0.0902. The van der Waals surface area contributed by atoms with Gasteiger partial charge in [0.2, 0.25) is 0 Å². The van der Waals surface area contributed by atoms with E-state index in [0.29, 0.717) is 6.54 Å². The Morgan fingerprint density at radius 2 is 2.00 bits per heavy atom. The van der Waals surface area contributed by atoms with Crippen LogP contribution in [0.5, 0.6) is 0 Å². The fourth-order valence-corrected chi connectivity index (χ4v) is 4.55. The van der Waals surface area contributed by atoms with Crippen molar-refractivity contribution in [1.82, 2.24) is 5.32 Å². The maximum absolute atomic E-state index is 12.5. The first-order chi connectivity index (χ1) is 9.24. The van der Waals surface area contributed by atoms with Gasteiger partial charge in [-0.3, -0.25) is 4.79 Å². The van der Waals surface area contributed by atoms with E-state index in [1.165, 1.54) is 36.1 Å². The number of rotatable bonds is 3. The molecule has 1 fully saturated rings. The van der Waals surface area contributed by atoms with Crippen molar-refractivity contribution < 1.29 is 4.79 Å². The van der Waals surface area contributed by atoms with Crippen molar-refractivity contribution in [3.63, 3.8) is 0 Å². The van der Waals surface area contributed by atoms with E-state index in [4.69, 9.17) is 5.73 Å². The molecule has 1 aromatic heterocycles. The summed E-state index contributed by atoms with van der Waals surface area (Å²) >= 11 is 1.75. The second-order valence-corrected chi connectivity index (χ2v) is 6.87. The first-order valence-corrected chi connectivity index (χ1v) is 8.24. The molecule has 3 rings (SSSR count). The molecular weight excluding hydrogens is 256 g/mol. The van der Waals surface area contributed by atoms with Crippen LogP contribution >= 0.6 is 11.3 Å². The molecule has 0 spiro atoms. The van der Waals surface area contributed by atoms with Crippen LogP contribution in [0.1, 0.15) is 59.3 Å². The minimum absolute atomic E-state index is 0.103. The maximum atomic E-state index is 12.5. The third kappa shape index (κ3) is 2.43. The van der Waals surface area contributed by atoms with E-state index in [9.17, 15) is 4.79 Å². The Kier molecular flexibility index (Phi) is 3.63. The molecule has 1 heterocycles. The van der Waals surface area contributed by atoms with E-state index in [1.807, 2.05) is 5.38 Å². The fourth-order valence-electron chi connectivity index (χ4n) is 3.42. The number of hydrogen-bond donors (Lipinski definition) is 2. The molecule has 1 amide bonds. The number of nitrogens with two attached hydrogens (primary N) is 1. The molecule has 3 nitrogen and oxygen atoms in total. The lowest BCUT2D eigenvalue weighted by Gasteiger charge is -2.29. The summed E-state index contributed by atoms with van der Waals surface area (Å²) in [5.74, 6) is 0.103. The van der Waals surface area contributed by atoms with Crippen LogP contribution in [0, 0.1) is 0 Å². The van der Waals surface area contributed by atoms with E-state index in [2.05, 4.69) is 5.32 Å². The Labute approximate surface area is 118 Å². The summed E-state index contributed by atoms with van der Waals surface area (Å²) in [4.78, 5) is 14.0. The lowest BCUT2D eigenvalue weighted by Crippen LogP contribution is -2.51. The zero-order valence-electron chi connectivity index (χ0n) is 11.3. The monoisotopic (exact) mass is 278 g/mol. The molecule has 1 saturated carbocycles. The first kappa shape index (κ1) is 13.1. The molecule has 0 radical (unpaired) electrons. The van der Waals surface area contributed by atoms with E-state index in [1.54, 1.807) is 11.3 Å². The van der Waals surface area contributed by atoms with Gasteiger partial charge in [0.15, 0.2) is 0 Å². The Morgan fingerprint density at radius 3 is 2.74 bits per heavy atom. The Morgan fingerprint density at radius 1 is 1.26 bits per heavy atom. The van der Waals surface area contributed by atoms with Crippen LogP contribution in [0.15, 0.2) is 5.38 Å². The number of carbonyl (C=O) groups excluding carboxylic acids is 1. The van der Waals surface area contributed by atoms with Crippen molar-refractivity contribution in [2.24, 2.45) is 5.73 Å². The van der Waals surface area contributed by atoms with Gasteiger partial charge in [-0.05, 0) is 44.1 Å². The molecule has 2 aliphatic carbocycles. The standard InChI is InChI=1S/C15H22N2OS/c16-10-15(7-3-4-8-15)17-14(18)12-9-19-13-6-2-1-5-11(12)13/h9H,1-8,10,16H2,(H,17,18). The summed E-state index contributed by atoms with van der Waals surface area (Å²) < 4.78 is 0. The number of carbonyl (C=O) groups is 1. The van der Waals surface area contributed by atoms with Gasteiger partial charge in [-0.2, -0.15) is 0 Å². The molecule has 0 saturated heterocycles. The Hall–Kier alpha value is -0.870. The van der Waals surface area contributed by atoms with Gasteiger partial charge in [-0.25, -0.2) is 0 Å². The quantitative estimate of drug-likeness (QED) is 0.893. The van der Waals surface area contributed by atoms with Crippen LogP contribution in [-0.2, 0) is 12.8 Å². The van der Waals surface area contributed by atoms with Gasteiger partial charge in [0.25, 0.3) is 5.91 Å². The minimum Gasteiger partial charge on any atom is -0.345 e. The van der Waals surface area contributed by atoms with Crippen molar-refractivity contribution in [2.45, 2.75) is 56.9 Å². The number of hydrogen-bond acceptors (Lipinski definition) is 3. The van der Waals surface area contributed by atoms with Crippen molar-refractivity contribution in [3.8, 4) is 0 Å². The molecular formula is C15H22N2OS. The summed E-state index contributed by atoms with van der Waals surface area (Å²) in [6.45, 7) is 0.561. The minimum atomic E-state index is -0.138. The van der Waals surface area contributed by atoms with Gasteiger partial charge in [0, 0.05) is 16.8 Å². The lowest BCUT2D eigenvalue weighted by atomic mass is 9.94. The zero-order chi connectivity index (χ0) is 13.3. The number of amides is 1. The van der Waals surface area contributed by atoms with Crippen molar-refractivity contribution in [3.05, 3.63) is 21.4 Å². The highest BCUT2D eigenvalue weighted by Crippen LogP contribution is 2.32. The van der Waals surface area contributed by atoms with Crippen LogP contribution in [0.4, 0.5) is 0 Å². The maximum Gasteiger partial charge on any atom is 0.252 e. The average Bonchev–Trinajstić information content (AvgIpc) is 3.05. The number of thiophene rings is 1. The molecule has 0 aliphatic heterocycles. The van der Waals surface area contributed by atoms with Crippen molar-refractivity contribution in [1.29, 1.82) is 0 Å². The summed E-state index contributed by atoms with van der Waals surface area (Å²) in [6.07, 6.45) is 9.11. The highest BCUT2D eigenvalue weighted by atomic mass is 32.1. The van der Waals surface area contributed by atoms with Crippen molar-refractivity contribution in [2.75, 3.05) is 6.54 Å². The molecule has 0 unspecified atom stereocenters. The van der Waals surface area contributed by atoms with Gasteiger partial charge in [0.05, 0.1) is 11.1 Å². The van der Waals surface area contributed by atoms with Crippen LogP contribution in [0.2, 0.25) is 0 Å². The Balaban J connectivity index is 1.78. The van der Waals surface area contributed by atoms with Crippen LogP contribution < -0.4 is 11.1 Å². The topological polar surface area (TPSA) is 55.1 Å². The molecule has 104 valence electrons. The smallest absolute Gasteiger partial charge is 0.252 e. The number of fused-ring (bicyclic) bond motifs is 1. The second kappa shape index (κ2) is 5.25. The predicted molar refractivity (Wildman–Crippen MR) is 78.7 cm³/mol. The van der Waals surface area contributed by atoms with Crippen LogP contribution in [0.25, 0.3) is 0 Å². The average molecular weight is 278 g/mol. The van der Waals surface area contributed by atoms with Gasteiger partial charge < -0.3 is 11.1 Å². The number of nitrogens with one attached hydrogen (secondary N) is 1. The largest absolute Gasteiger partial charge is 0.345 e. The SMILES string of the molecule is NCC1(NC(=O)c2csc3c2CCCC3)CCCC1. The van der Waals surface area contributed by atoms with Gasteiger partial charge in [-0.15, -0.1) is 11.3 Å². The highest BCUT2D eigenvalue weighted by molar-refractivity contribution is 7.10. The third-order valence-corrected chi connectivity index (χ3v) is 5.72. The third-order valence-electron chi connectivity index (χ3n) is 4.64. The first-order valence-electron chi connectivity index (χ1n) is 7.36. The van der Waals surface area contributed by atoms with Crippen LogP contribution in [-0.4, -0.2) is 18.0 Å². The molecule has 2 aliphatic rings. The van der Waals surface area contributed by atoms with E-state index < -0.39 is 0 Å². The van der Waals surface area contributed by atoms with Gasteiger partial charge in [0.1, 0.15) is 0 Å². The normalized spacial score (nSPS) is 21.1. The second-order valence-electron chi connectivity index (χ2n) is 5.90. The molecule has 3 N–H and O–H groups in total. The summed E-state index contributed by atoms with van der Waals surface area (Å²) in [6, 6.07) is 0. The summed E-state index contributed by atoms with van der Waals surface area (Å²) in [5.41, 5.74) is 7.98. The molecule has 0 bridgehead atoms. The fraction of sp³-hybridized carbons (Fsp3) is 0.667. The molecule has 4 heteroatoms. The molecule has 1 aromatic rings. The van der Waals surface area contributed by atoms with E-state index in [-0.39, 0.29) is 11.4 Å². The highest BCUT2D eigenvalue weighted by Gasteiger charge is 2.35. The zero-order valence-corrected chi connectivity index (χ0v) is 12.2. The van der Waals surface area contributed by atoms with Crippen LogP contribution in [0.3, 0.4) is 0 Å². The summed E-state index contributed by atoms with van der Waals surface area (Å²) in [5, 5.41) is 5.28. The van der Waals surface area contributed by atoms with Gasteiger partial charge in [-0.1, -0.05) is 12.8 Å². The predicted octanol–water partition coefficient (Wildman–Crippen LogP) is 2.63.